The van der Waals surface area contributed by atoms with Crippen molar-refractivity contribution in [2.24, 2.45) is 5.41 Å². The Morgan fingerprint density at radius 1 is 1.19 bits per heavy atom. The zero-order chi connectivity index (χ0) is 22.2. The monoisotopic (exact) mass is 450 g/mol. The first kappa shape index (κ1) is 21.6. The number of nitrogens with zero attached hydrogens (tertiary/aromatic N) is 3. The Bertz CT molecular complexity index is 1050. The summed E-state index contributed by atoms with van der Waals surface area (Å²) in [5, 5.41) is 6.34. The van der Waals surface area contributed by atoms with Crippen molar-refractivity contribution in [2.75, 3.05) is 32.7 Å². The van der Waals surface area contributed by atoms with Gasteiger partial charge in [-0.15, -0.1) is 0 Å². The van der Waals surface area contributed by atoms with Crippen LogP contribution in [0.3, 0.4) is 0 Å². The Labute approximate surface area is 180 Å². The Balaban J connectivity index is 1.32. The van der Waals surface area contributed by atoms with Crippen LogP contribution in [0.5, 0.6) is 0 Å². The first-order chi connectivity index (χ1) is 14.7. The number of piperidine rings is 1. The average molecular weight is 451 g/mol. The lowest BCUT2D eigenvalue weighted by atomic mass is 9.78. The number of nitrogens with one attached hydrogen (secondary N) is 1. The molecule has 2 amide bonds. The fourth-order valence-corrected chi connectivity index (χ4v) is 6.32. The summed E-state index contributed by atoms with van der Waals surface area (Å²) < 4.78 is 37.8. The molecule has 0 aromatic carbocycles. The molecule has 2 fully saturated rings. The highest BCUT2D eigenvalue weighted by Gasteiger charge is 2.46. The van der Waals surface area contributed by atoms with Gasteiger partial charge in [0.1, 0.15) is 10.6 Å². The molecule has 0 atom stereocenters. The highest BCUT2D eigenvalue weighted by Crippen LogP contribution is 2.42. The third-order valence-electron chi connectivity index (χ3n) is 6.29. The molecule has 11 heteroatoms. The molecule has 1 spiro atoms. The molecule has 10 nitrogen and oxygen atoms in total. The van der Waals surface area contributed by atoms with E-state index < -0.39 is 15.9 Å². The Kier molecular flexibility index (Phi) is 5.65. The molecule has 2 aliphatic rings. The molecule has 0 radical (unpaired) electrons. The van der Waals surface area contributed by atoms with Crippen LogP contribution >= 0.6 is 0 Å². The zero-order valence-corrected chi connectivity index (χ0v) is 18.4. The van der Waals surface area contributed by atoms with Gasteiger partial charge in [-0.25, -0.2) is 8.42 Å². The largest absolute Gasteiger partial charge is 0.459 e. The van der Waals surface area contributed by atoms with Crippen LogP contribution in [0.2, 0.25) is 0 Å². The van der Waals surface area contributed by atoms with Crippen LogP contribution in [-0.4, -0.2) is 67.3 Å². The maximum atomic E-state index is 13.1. The van der Waals surface area contributed by atoms with Gasteiger partial charge < -0.3 is 19.2 Å². The van der Waals surface area contributed by atoms with E-state index in [9.17, 15) is 18.0 Å². The molecule has 2 aliphatic heterocycles. The summed E-state index contributed by atoms with van der Waals surface area (Å²) in [6, 6.07) is 3.14. The number of hydrogen-bond acceptors (Lipinski definition) is 7. The third-order valence-corrected chi connectivity index (χ3v) is 8.38. The Morgan fingerprint density at radius 2 is 1.90 bits per heavy atom. The number of hydrogen-bond donors (Lipinski definition) is 1. The highest BCUT2D eigenvalue weighted by atomic mass is 32.2. The molecule has 2 saturated heterocycles. The molecule has 2 aromatic rings. The summed E-state index contributed by atoms with van der Waals surface area (Å²) >= 11 is 0. The maximum absolute atomic E-state index is 13.1. The third kappa shape index (κ3) is 4.11. The van der Waals surface area contributed by atoms with Gasteiger partial charge in [-0.05, 0) is 50.7 Å². The van der Waals surface area contributed by atoms with E-state index >= 15 is 0 Å². The first-order valence-corrected chi connectivity index (χ1v) is 11.7. The second kappa shape index (κ2) is 8.12. The van der Waals surface area contributed by atoms with Gasteiger partial charge in [0.15, 0.2) is 11.5 Å². The molecule has 168 valence electrons. The number of amides is 2. The quantitative estimate of drug-likeness (QED) is 0.728. The average Bonchev–Trinajstić information content (AvgIpc) is 3.48. The highest BCUT2D eigenvalue weighted by molar-refractivity contribution is 7.89. The predicted molar refractivity (Wildman–Crippen MR) is 109 cm³/mol. The summed E-state index contributed by atoms with van der Waals surface area (Å²) in [7, 11) is -3.66. The van der Waals surface area contributed by atoms with Gasteiger partial charge in [-0.2, -0.15) is 4.31 Å². The molecule has 0 saturated carbocycles. The molecular weight excluding hydrogens is 424 g/mol. The van der Waals surface area contributed by atoms with Gasteiger partial charge in [0, 0.05) is 26.2 Å². The minimum absolute atomic E-state index is 0.0981. The van der Waals surface area contributed by atoms with E-state index in [1.807, 2.05) is 0 Å². The van der Waals surface area contributed by atoms with Gasteiger partial charge in [-0.1, -0.05) is 5.16 Å². The number of likely N-dealkylation sites (tertiary alicyclic amines) is 1. The summed E-state index contributed by atoms with van der Waals surface area (Å²) in [4.78, 5) is 26.3. The predicted octanol–water partition coefficient (Wildman–Crippen LogP) is 1.32. The molecule has 31 heavy (non-hydrogen) atoms. The van der Waals surface area contributed by atoms with Crippen molar-refractivity contribution < 1.29 is 26.9 Å². The van der Waals surface area contributed by atoms with Crippen LogP contribution in [0.4, 0.5) is 0 Å². The van der Waals surface area contributed by atoms with Crippen LogP contribution in [0.25, 0.3) is 0 Å². The van der Waals surface area contributed by atoms with E-state index in [4.69, 9.17) is 8.94 Å². The van der Waals surface area contributed by atoms with Crippen LogP contribution in [0.1, 0.15) is 41.3 Å². The van der Waals surface area contributed by atoms with Crippen molar-refractivity contribution >= 4 is 21.8 Å². The van der Waals surface area contributed by atoms with Crippen LogP contribution in [0, 0.1) is 19.3 Å². The summed E-state index contributed by atoms with van der Waals surface area (Å²) in [5.41, 5.74) is 0.232. The lowest BCUT2D eigenvalue weighted by Gasteiger charge is -2.39. The van der Waals surface area contributed by atoms with Crippen molar-refractivity contribution in [3.8, 4) is 0 Å². The summed E-state index contributed by atoms with van der Waals surface area (Å²) in [5.74, 6) is -0.123. The standard InChI is InChI=1S/C20H26N4O6S/c1-14-18(15(2)30-22-14)31(27,28)24-10-7-20(13-24)5-8-23(9-6-20)17(25)12-21-19(26)16-4-3-11-29-16/h3-4,11H,5-10,12-13H2,1-2H3,(H,21,26). The van der Waals surface area contributed by atoms with Crippen molar-refractivity contribution in [3.05, 3.63) is 35.6 Å². The molecule has 0 aliphatic carbocycles. The summed E-state index contributed by atoms with van der Waals surface area (Å²) in [6.07, 6.45) is 3.60. The Morgan fingerprint density at radius 3 is 2.52 bits per heavy atom. The zero-order valence-electron chi connectivity index (χ0n) is 17.6. The fourth-order valence-electron chi connectivity index (χ4n) is 4.47. The molecule has 4 heterocycles. The molecule has 0 bridgehead atoms. The van der Waals surface area contributed by atoms with Crippen molar-refractivity contribution in [1.82, 2.24) is 19.7 Å². The van der Waals surface area contributed by atoms with E-state index in [-0.39, 0.29) is 28.5 Å². The van der Waals surface area contributed by atoms with Crippen LogP contribution in [0.15, 0.2) is 32.2 Å². The van der Waals surface area contributed by atoms with Crippen molar-refractivity contribution in [1.29, 1.82) is 0 Å². The van der Waals surface area contributed by atoms with E-state index in [0.29, 0.717) is 37.6 Å². The van der Waals surface area contributed by atoms with Crippen molar-refractivity contribution in [2.45, 2.75) is 38.0 Å². The van der Waals surface area contributed by atoms with Gasteiger partial charge in [0.2, 0.25) is 15.9 Å². The SMILES string of the molecule is Cc1noc(C)c1S(=O)(=O)N1CCC2(CCN(C(=O)CNC(=O)c3ccco3)CC2)C1. The van der Waals surface area contributed by atoms with Gasteiger partial charge in [-0.3, -0.25) is 9.59 Å². The number of carbonyl (C=O) groups excluding carboxylic acids is 2. The maximum Gasteiger partial charge on any atom is 0.287 e. The molecule has 4 rings (SSSR count). The van der Waals surface area contributed by atoms with Gasteiger partial charge >= 0.3 is 0 Å². The minimum Gasteiger partial charge on any atom is -0.459 e. The molecular formula is C20H26N4O6S. The van der Waals surface area contributed by atoms with Crippen LogP contribution in [-0.2, 0) is 14.8 Å². The van der Waals surface area contributed by atoms with E-state index in [2.05, 4.69) is 10.5 Å². The minimum atomic E-state index is -3.66. The summed E-state index contributed by atoms with van der Waals surface area (Å²) in [6.45, 7) is 5.08. The number of aryl methyl sites for hydroxylation is 2. The topological polar surface area (TPSA) is 126 Å². The first-order valence-electron chi connectivity index (χ1n) is 10.2. The molecule has 1 N–H and O–H groups in total. The number of aromatic nitrogens is 1. The molecule has 2 aromatic heterocycles. The fraction of sp³-hybridized carbons (Fsp3) is 0.550. The number of sulfonamides is 1. The smallest absolute Gasteiger partial charge is 0.287 e. The van der Waals surface area contributed by atoms with Gasteiger partial charge in [0.05, 0.1) is 12.8 Å². The van der Waals surface area contributed by atoms with Crippen LogP contribution < -0.4 is 5.32 Å². The Hall–Kier alpha value is -2.66. The second-order valence-corrected chi connectivity index (χ2v) is 10.2. The van der Waals surface area contributed by atoms with Crippen molar-refractivity contribution in [3.63, 3.8) is 0 Å². The van der Waals surface area contributed by atoms with Gasteiger partial charge in [0.25, 0.3) is 5.91 Å². The number of furan rings is 1. The normalized spacial score (nSPS) is 19.1. The second-order valence-electron chi connectivity index (χ2n) is 8.28. The lowest BCUT2D eigenvalue weighted by Crippen LogP contribution is -2.47. The number of carbonyl (C=O) groups is 2. The van der Waals surface area contributed by atoms with E-state index in [0.717, 1.165) is 19.3 Å². The number of rotatable bonds is 5. The lowest BCUT2D eigenvalue weighted by molar-refractivity contribution is -0.132. The molecule has 0 unspecified atom stereocenters. The van der Waals surface area contributed by atoms with E-state index in [1.165, 1.54) is 16.6 Å². The van der Waals surface area contributed by atoms with E-state index in [1.54, 1.807) is 24.8 Å².